The number of aromatic nitrogens is 1. The molecule has 0 unspecified atom stereocenters. The van der Waals surface area contributed by atoms with E-state index in [0.29, 0.717) is 0 Å². The number of aromatic hydroxyl groups is 1. The van der Waals surface area contributed by atoms with Crippen LogP contribution in [-0.4, -0.2) is 27.1 Å². The van der Waals surface area contributed by atoms with E-state index in [4.69, 9.17) is 28.3 Å². The maximum absolute atomic E-state index is 12.0. The van der Waals surface area contributed by atoms with Crippen molar-refractivity contribution in [1.82, 2.24) is 4.98 Å². The van der Waals surface area contributed by atoms with Gasteiger partial charge in [-0.25, -0.2) is 9.78 Å². The number of pyridine rings is 1. The van der Waals surface area contributed by atoms with Crippen LogP contribution in [0.15, 0.2) is 30.3 Å². The molecule has 0 spiro atoms. The highest BCUT2D eigenvalue weighted by molar-refractivity contribution is 6.35. The van der Waals surface area contributed by atoms with Gasteiger partial charge in [0, 0.05) is 5.69 Å². The Balaban J connectivity index is 2.27. The first-order valence-electron chi connectivity index (χ1n) is 5.58. The summed E-state index contributed by atoms with van der Waals surface area (Å²) in [7, 11) is 0. The minimum Gasteiger partial charge on any atom is -0.507 e. The van der Waals surface area contributed by atoms with Crippen LogP contribution in [0.5, 0.6) is 5.75 Å². The number of amides is 1. The molecule has 0 bridgehead atoms. The fourth-order valence-corrected chi connectivity index (χ4v) is 2.00. The molecule has 0 aliphatic rings. The lowest BCUT2D eigenvalue weighted by Gasteiger charge is -2.08. The largest absolute Gasteiger partial charge is 0.507 e. The molecule has 1 amide bonds. The number of nitrogens with one attached hydrogen (secondary N) is 1. The van der Waals surface area contributed by atoms with Crippen LogP contribution in [0.3, 0.4) is 0 Å². The van der Waals surface area contributed by atoms with Gasteiger partial charge in [0.15, 0.2) is 0 Å². The Kier molecular flexibility index (Phi) is 4.30. The molecule has 1 aromatic heterocycles. The Hall–Kier alpha value is -2.31. The molecular weight excluding hydrogens is 319 g/mol. The molecule has 8 heteroatoms. The van der Waals surface area contributed by atoms with Gasteiger partial charge in [0.1, 0.15) is 21.6 Å². The first-order valence-corrected chi connectivity index (χ1v) is 6.34. The van der Waals surface area contributed by atoms with Gasteiger partial charge in [0.25, 0.3) is 5.91 Å². The first-order chi connectivity index (χ1) is 9.88. The third-order valence-electron chi connectivity index (χ3n) is 2.54. The molecule has 0 atom stereocenters. The summed E-state index contributed by atoms with van der Waals surface area (Å²) in [6.07, 6.45) is 0. The van der Waals surface area contributed by atoms with Gasteiger partial charge in [-0.3, -0.25) is 4.79 Å². The summed E-state index contributed by atoms with van der Waals surface area (Å²) in [4.78, 5) is 26.7. The summed E-state index contributed by atoms with van der Waals surface area (Å²) in [5.74, 6) is -2.28. The molecule has 1 heterocycles. The fraction of sp³-hybridized carbons (Fsp3) is 0. The van der Waals surface area contributed by atoms with Crippen molar-refractivity contribution in [2.45, 2.75) is 0 Å². The zero-order valence-electron chi connectivity index (χ0n) is 10.3. The van der Waals surface area contributed by atoms with Crippen LogP contribution in [0.1, 0.15) is 20.7 Å². The predicted molar refractivity (Wildman–Crippen MR) is 77.3 cm³/mol. The molecule has 0 saturated carbocycles. The van der Waals surface area contributed by atoms with Gasteiger partial charge >= 0.3 is 5.97 Å². The smallest absolute Gasteiger partial charge is 0.339 e. The van der Waals surface area contributed by atoms with Crippen LogP contribution >= 0.6 is 23.2 Å². The van der Waals surface area contributed by atoms with Gasteiger partial charge in [-0.1, -0.05) is 23.2 Å². The van der Waals surface area contributed by atoms with E-state index >= 15 is 0 Å². The van der Waals surface area contributed by atoms with Crippen LogP contribution in [-0.2, 0) is 0 Å². The lowest BCUT2D eigenvalue weighted by atomic mass is 10.1. The molecule has 0 aliphatic heterocycles. The monoisotopic (exact) mass is 326 g/mol. The van der Waals surface area contributed by atoms with Crippen LogP contribution < -0.4 is 5.32 Å². The van der Waals surface area contributed by atoms with Crippen molar-refractivity contribution in [2.24, 2.45) is 0 Å². The molecular formula is C13H8Cl2N2O4. The molecule has 0 radical (unpaired) electrons. The highest BCUT2D eigenvalue weighted by Gasteiger charge is 2.15. The molecule has 1 aromatic carbocycles. The second kappa shape index (κ2) is 5.99. The van der Waals surface area contributed by atoms with Crippen molar-refractivity contribution in [3.05, 3.63) is 51.8 Å². The van der Waals surface area contributed by atoms with E-state index in [1.807, 2.05) is 0 Å². The minimum atomic E-state index is -1.31. The van der Waals surface area contributed by atoms with Crippen molar-refractivity contribution in [2.75, 3.05) is 5.32 Å². The molecule has 2 rings (SSSR count). The summed E-state index contributed by atoms with van der Waals surface area (Å²) >= 11 is 11.4. The third kappa shape index (κ3) is 3.42. The zero-order chi connectivity index (χ0) is 15.6. The Morgan fingerprint density at radius 2 is 1.81 bits per heavy atom. The normalized spacial score (nSPS) is 10.2. The van der Waals surface area contributed by atoms with Gasteiger partial charge < -0.3 is 15.5 Å². The molecule has 21 heavy (non-hydrogen) atoms. The number of nitrogens with zero attached hydrogens (tertiary/aromatic N) is 1. The van der Waals surface area contributed by atoms with Crippen LogP contribution in [0.25, 0.3) is 0 Å². The topological polar surface area (TPSA) is 99.5 Å². The SMILES string of the molecule is O=C(O)c1cc(NC(=O)c2ccc(Cl)nc2Cl)ccc1O. The fourth-order valence-electron chi connectivity index (χ4n) is 1.57. The van der Waals surface area contributed by atoms with Crippen molar-refractivity contribution < 1.29 is 19.8 Å². The molecule has 0 fully saturated rings. The number of halogens is 2. The average Bonchev–Trinajstić information content (AvgIpc) is 2.40. The van der Waals surface area contributed by atoms with E-state index in [1.54, 1.807) is 0 Å². The zero-order valence-corrected chi connectivity index (χ0v) is 11.8. The Morgan fingerprint density at radius 1 is 1.10 bits per heavy atom. The summed E-state index contributed by atoms with van der Waals surface area (Å²) in [6, 6.07) is 6.46. The molecule has 2 aromatic rings. The minimum absolute atomic E-state index is 0.0720. The van der Waals surface area contributed by atoms with Gasteiger partial charge in [-0.2, -0.15) is 0 Å². The molecule has 3 N–H and O–H groups in total. The third-order valence-corrected chi connectivity index (χ3v) is 3.04. The molecule has 6 nitrogen and oxygen atoms in total. The molecule has 108 valence electrons. The van der Waals surface area contributed by atoms with E-state index in [2.05, 4.69) is 10.3 Å². The maximum atomic E-state index is 12.0. The maximum Gasteiger partial charge on any atom is 0.339 e. The Labute approximate surface area is 129 Å². The van der Waals surface area contributed by atoms with Crippen molar-refractivity contribution in [3.8, 4) is 5.75 Å². The quantitative estimate of drug-likeness (QED) is 0.594. The van der Waals surface area contributed by atoms with Crippen molar-refractivity contribution in [3.63, 3.8) is 0 Å². The lowest BCUT2D eigenvalue weighted by Crippen LogP contribution is -2.13. The van der Waals surface area contributed by atoms with E-state index in [1.165, 1.54) is 24.3 Å². The van der Waals surface area contributed by atoms with Crippen LogP contribution in [0.2, 0.25) is 10.3 Å². The van der Waals surface area contributed by atoms with Crippen LogP contribution in [0.4, 0.5) is 5.69 Å². The number of anilines is 1. The standard InChI is InChI=1S/C13H8Cl2N2O4/c14-10-4-2-7(11(15)17-10)12(19)16-6-1-3-9(18)8(5-6)13(20)21/h1-5,18H,(H,16,19)(H,20,21). The number of carbonyl (C=O) groups is 2. The second-order valence-electron chi connectivity index (χ2n) is 3.96. The average molecular weight is 327 g/mol. The molecule has 0 saturated heterocycles. The number of hydrogen-bond acceptors (Lipinski definition) is 4. The highest BCUT2D eigenvalue weighted by Crippen LogP contribution is 2.23. The summed E-state index contributed by atoms with van der Waals surface area (Å²) in [5, 5.41) is 20.8. The summed E-state index contributed by atoms with van der Waals surface area (Å²) in [5.41, 5.74) is -0.0413. The second-order valence-corrected chi connectivity index (χ2v) is 4.71. The first kappa shape index (κ1) is 15.1. The van der Waals surface area contributed by atoms with Crippen molar-refractivity contribution in [1.29, 1.82) is 0 Å². The Bertz CT molecular complexity index is 734. The lowest BCUT2D eigenvalue weighted by molar-refractivity contribution is 0.0693. The highest BCUT2D eigenvalue weighted by atomic mass is 35.5. The van der Waals surface area contributed by atoms with E-state index in [9.17, 15) is 14.7 Å². The van der Waals surface area contributed by atoms with E-state index in [-0.39, 0.29) is 27.1 Å². The van der Waals surface area contributed by atoms with Gasteiger partial charge in [-0.05, 0) is 30.3 Å². The summed E-state index contributed by atoms with van der Waals surface area (Å²) < 4.78 is 0. The van der Waals surface area contributed by atoms with Gasteiger partial charge in [-0.15, -0.1) is 0 Å². The van der Waals surface area contributed by atoms with E-state index < -0.39 is 17.6 Å². The number of rotatable bonds is 3. The van der Waals surface area contributed by atoms with Crippen LogP contribution in [0, 0.1) is 0 Å². The molecule has 0 aliphatic carbocycles. The number of aromatic carboxylic acids is 1. The summed E-state index contributed by atoms with van der Waals surface area (Å²) in [6.45, 7) is 0. The van der Waals surface area contributed by atoms with E-state index in [0.717, 1.165) is 6.07 Å². The number of benzene rings is 1. The number of carboxylic acid groups (broad SMARTS) is 1. The van der Waals surface area contributed by atoms with Gasteiger partial charge in [0.05, 0.1) is 5.56 Å². The van der Waals surface area contributed by atoms with Crippen molar-refractivity contribution >= 4 is 40.8 Å². The number of carbonyl (C=O) groups excluding carboxylic acids is 1. The number of phenols is 1. The number of hydrogen-bond donors (Lipinski definition) is 3. The van der Waals surface area contributed by atoms with Gasteiger partial charge in [0.2, 0.25) is 0 Å². The Morgan fingerprint density at radius 3 is 2.43 bits per heavy atom. The number of carboxylic acids is 1. The predicted octanol–water partition coefficient (Wildman–Crippen LogP) is 3.04.